The molecule has 0 amide bonds. The van der Waals surface area contributed by atoms with Crippen molar-refractivity contribution in [2.45, 2.75) is 39.8 Å². The van der Waals surface area contributed by atoms with E-state index in [2.05, 4.69) is 48.0 Å². The van der Waals surface area contributed by atoms with E-state index in [0.29, 0.717) is 0 Å². The van der Waals surface area contributed by atoms with E-state index in [4.69, 9.17) is 5.73 Å². The predicted molar refractivity (Wildman–Crippen MR) is 89.5 cm³/mol. The van der Waals surface area contributed by atoms with Crippen LogP contribution in [0.2, 0.25) is 0 Å². The lowest BCUT2D eigenvalue weighted by Gasteiger charge is -2.25. The third-order valence-electron chi connectivity index (χ3n) is 3.62. The number of pyridine rings is 1. The van der Waals surface area contributed by atoms with Crippen LogP contribution in [0.4, 0.5) is 5.69 Å². The number of nitrogens with two attached hydrogens (primary N) is 1. The van der Waals surface area contributed by atoms with E-state index < -0.39 is 0 Å². The first-order valence-corrected chi connectivity index (χ1v) is 7.60. The predicted octanol–water partition coefficient (Wildman–Crippen LogP) is 3.31. The van der Waals surface area contributed by atoms with Crippen molar-refractivity contribution < 1.29 is 0 Å². The van der Waals surface area contributed by atoms with Crippen LogP contribution in [0, 0.1) is 6.92 Å². The summed E-state index contributed by atoms with van der Waals surface area (Å²) < 4.78 is 0. The maximum absolute atomic E-state index is 5.88. The van der Waals surface area contributed by atoms with Crippen LogP contribution in [0.3, 0.4) is 0 Å². The zero-order valence-corrected chi connectivity index (χ0v) is 13.2. The summed E-state index contributed by atoms with van der Waals surface area (Å²) in [6, 6.07) is 12.9. The number of hydrogen-bond acceptors (Lipinski definition) is 3. The molecule has 0 spiro atoms. The van der Waals surface area contributed by atoms with Crippen molar-refractivity contribution >= 4 is 5.69 Å². The molecule has 112 valence electrons. The quantitative estimate of drug-likeness (QED) is 0.884. The lowest BCUT2D eigenvalue weighted by Crippen LogP contribution is -2.23. The Labute approximate surface area is 127 Å². The van der Waals surface area contributed by atoms with E-state index >= 15 is 0 Å². The van der Waals surface area contributed by atoms with Crippen molar-refractivity contribution in [3.05, 3.63) is 59.4 Å². The highest BCUT2D eigenvalue weighted by Crippen LogP contribution is 2.23. The summed E-state index contributed by atoms with van der Waals surface area (Å²) in [5.41, 5.74) is 10.9. The Bertz CT molecular complexity index is 564. The molecule has 1 aromatic heterocycles. The summed E-state index contributed by atoms with van der Waals surface area (Å²) in [7, 11) is 0. The Morgan fingerprint density at radius 3 is 2.62 bits per heavy atom. The van der Waals surface area contributed by atoms with Crippen molar-refractivity contribution in [3.8, 4) is 0 Å². The molecule has 1 heterocycles. The number of hydrogen-bond donors (Lipinski definition) is 1. The number of benzene rings is 1. The number of rotatable bonds is 6. The zero-order chi connectivity index (χ0) is 15.2. The molecular formula is C18H25N3. The van der Waals surface area contributed by atoms with Crippen LogP contribution in [0.5, 0.6) is 0 Å². The Hall–Kier alpha value is -1.87. The van der Waals surface area contributed by atoms with Crippen LogP contribution in [0.1, 0.15) is 30.7 Å². The SMILES string of the molecule is CCN(Cc1ccccn1)c1ccc(CC(C)N)cc1C. The molecule has 3 nitrogen and oxygen atoms in total. The molecular weight excluding hydrogens is 258 g/mol. The van der Waals surface area contributed by atoms with Crippen molar-refractivity contribution in [2.24, 2.45) is 5.73 Å². The van der Waals surface area contributed by atoms with E-state index in [0.717, 1.165) is 25.2 Å². The fourth-order valence-electron chi connectivity index (χ4n) is 2.63. The van der Waals surface area contributed by atoms with Gasteiger partial charge in [-0.25, -0.2) is 0 Å². The minimum atomic E-state index is 0.200. The Morgan fingerprint density at radius 1 is 1.24 bits per heavy atom. The van der Waals surface area contributed by atoms with E-state index in [-0.39, 0.29) is 6.04 Å². The molecule has 3 heteroatoms. The first-order valence-electron chi connectivity index (χ1n) is 7.60. The largest absolute Gasteiger partial charge is 0.366 e. The summed E-state index contributed by atoms with van der Waals surface area (Å²) >= 11 is 0. The van der Waals surface area contributed by atoms with Gasteiger partial charge < -0.3 is 10.6 Å². The summed E-state index contributed by atoms with van der Waals surface area (Å²) in [5.74, 6) is 0. The Morgan fingerprint density at radius 2 is 2.05 bits per heavy atom. The van der Waals surface area contributed by atoms with Gasteiger partial charge in [-0.1, -0.05) is 18.2 Å². The highest BCUT2D eigenvalue weighted by Gasteiger charge is 2.10. The molecule has 0 aliphatic carbocycles. The minimum absolute atomic E-state index is 0.200. The molecule has 1 atom stereocenters. The molecule has 0 fully saturated rings. The number of nitrogens with zero attached hydrogens (tertiary/aromatic N) is 2. The second kappa shape index (κ2) is 7.23. The molecule has 0 bridgehead atoms. The lowest BCUT2D eigenvalue weighted by atomic mass is 10.0. The molecule has 1 unspecified atom stereocenters. The molecule has 0 aliphatic rings. The van der Waals surface area contributed by atoms with Gasteiger partial charge in [-0.15, -0.1) is 0 Å². The number of aromatic nitrogens is 1. The van der Waals surface area contributed by atoms with Gasteiger partial charge in [-0.05, 0) is 56.5 Å². The molecule has 2 N–H and O–H groups in total. The van der Waals surface area contributed by atoms with Crippen molar-refractivity contribution in [1.82, 2.24) is 4.98 Å². The van der Waals surface area contributed by atoms with Gasteiger partial charge in [0.25, 0.3) is 0 Å². The summed E-state index contributed by atoms with van der Waals surface area (Å²) in [6.07, 6.45) is 2.77. The summed E-state index contributed by atoms with van der Waals surface area (Å²) in [6.45, 7) is 8.19. The number of anilines is 1. The highest BCUT2D eigenvalue weighted by molar-refractivity contribution is 5.54. The second-order valence-corrected chi connectivity index (χ2v) is 5.64. The third kappa shape index (κ3) is 4.30. The first-order chi connectivity index (χ1) is 10.1. The van der Waals surface area contributed by atoms with Crippen LogP contribution < -0.4 is 10.6 Å². The molecule has 0 radical (unpaired) electrons. The Balaban J connectivity index is 2.18. The molecule has 1 aromatic carbocycles. The average Bonchev–Trinajstić information content (AvgIpc) is 2.46. The van der Waals surface area contributed by atoms with Crippen LogP contribution >= 0.6 is 0 Å². The standard InChI is InChI=1S/C18H25N3/c1-4-21(13-17-7-5-6-10-20-17)18-9-8-16(11-14(18)2)12-15(3)19/h5-11,15H,4,12-13,19H2,1-3H3. The molecule has 0 aliphatic heterocycles. The maximum atomic E-state index is 5.88. The summed E-state index contributed by atoms with van der Waals surface area (Å²) in [4.78, 5) is 6.77. The second-order valence-electron chi connectivity index (χ2n) is 5.64. The highest BCUT2D eigenvalue weighted by atomic mass is 15.1. The third-order valence-corrected chi connectivity index (χ3v) is 3.62. The van der Waals surface area contributed by atoms with Gasteiger partial charge in [0.1, 0.15) is 0 Å². The normalized spacial score (nSPS) is 12.2. The van der Waals surface area contributed by atoms with Crippen molar-refractivity contribution in [3.63, 3.8) is 0 Å². The topological polar surface area (TPSA) is 42.2 Å². The van der Waals surface area contributed by atoms with Gasteiger partial charge in [0, 0.05) is 24.5 Å². The fourth-order valence-corrected chi connectivity index (χ4v) is 2.63. The number of aryl methyl sites for hydroxylation is 1. The first kappa shape index (κ1) is 15.5. The van der Waals surface area contributed by atoms with Crippen molar-refractivity contribution in [2.75, 3.05) is 11.4 Å². The van der Waals surface area contributed by atoms with Gasteiger partial charge in [-0.2, -0.15) is 0 Å². The van der Waals surface area contributed by atoms with Gasteiger partial charge >= 0.3 is 0 Å². The van der Waals surface area contributed by atoms with Gasteiger partial charge in [0.15, 0.2) is 0 Å². The van der Waals surface area contributed by atoms with Gasteiger partial charge in [0.2, 0.25) is 0 Å². The minimum Gasteiger partial charge on any atom is -0.366 e. The molecule has 2 rings (SSSR count). The zero-order valence-electron chi connectivity index (χ0n) is 13.2. The summed E-state index contributed by atoms with van der Waals surface area (Å²) in [5, 5.41) is 0. The van der Waals surface area contributed by atoms with Crippen LogP contribution in [0.25, 0.3) is 0 Å². The van der Waals surface area contributed by atoms with Crippen LogP contribution in [0.15, 0.2) is 42.6 Å². The van der Waals surface area contributed by atoms with Crippen LogP contribution in [-0.2, 0) is 13.0 Å². The molecule has 2 aromatic rings. The van der Waals surface area contributed by atoms with E-state index in [1.165, 1.54) is 16.8 Å². The average molecular weight is 283 g/mol. The van der Waals surface area contributed by atoms with E-state index in [1.807, 2.05) is 25.3 Å². The fraction of sp³-hybridized carbons (Fsp3) is 0.389. The van der Waals surface area contributed by atoms with Gasteiger partial charge in [0.05, 0.1) is 12.2 Å². The van der Waals surface area contributed by atoms with E-state index in [9.17, 15) is 0 Å². The molecule has 0 saturated carbocycles. The van der Waals surface area contributed by atoms with Gasteiger partial charge in [-0.3, -0.25) is 4.98 Å². The molecule has 0 saturated heterocycles. The molecule has 21 heavy (non-hydrogen) atoms. The van der Waals surface area contributed by atoms with Crippen LogP contribution in [-0.4, -0.2) is 17.6 Å². The van der Waals surface area contributed by atoms with Crippen molar-refractivity contribution in [1.29, 1.82) is 0 Å². The lowest BCUT2D eigenvalue weighted by molar-refractivity contribution is 0.737. The monoisotopic (exact) mass is 283 g/mol. The maximum Gasteiger partial charge on any atom is 0.0601 e. The smallest absolute Gasteiger partial charge is 0.0601 e. The Kier molecular flexibility index (Phi) is 5.34. The van der Waals surface area contributed by atoms with E-state index in [1.54, 1.807) is 0 Å².